The molecule has 144 valence electrons. The first-order valence-electron chi connectivity index (χ1n) is 8.73. The number of carbonyl (C=O) groups is 2. The largest absolute Gasteiger partial charge is 0.497 e. The van der Waals surface area contributed by atoms with Crippen LogP contribution in [-0.4, -0.2) is 47.4 Å². The summed E-state index contributed by atoms with van der Waals surface area (Å²) in [5.41, 5.74) is 1.38. The zero-order valence-electron chi connectivity index (χ0n) is 15.4. The van der Waals surface area contributed by atoms with Gasteiger partial charge in [-0.1, -0.05) is 0 Å². The van der Waals surface area contributed by atoms with Gasteiger partial charge in [0.1, 0.15) is 12.1 Å². The maximum atomic E-state index is 12.8. The summed E-state index contributed by atoms with van der Waals surface area (Å²) in [4.78, 5) is 24.7. The Balaban J connectivity index is 1.69. The zero-order chi connectivity index (χ0) is 19.2. The van der Waals surface area contributed by atoms with Crippen LogP contribution in [-0.2, 0) is 27.4 Å². The summed E-state index contributed by atoms with van der Waals surface area (Å²) in [6.07, 6.45) is 2.54. The molecule has 0 spiro atoms. The van der Waals surface area contributed by atoms with Crippen LogP contribution in [0, 0.1) is 0 Å². The van der Waals surface area contributed by atoms with Crippen LogP contribution >= 0.6 is 0 Å². The van der Waals surface area contributed by atoms with Gasteiger partial charge in [0, 0.05) is 32.4 Å². The summed E-state index contributed by atoms with van der Waals surface area (Å²) in [5, 5.41) is 13.6. The molecule has 0 radical (unpaired) electrons. The molecule has 0 bridgehead atoms. The topological polar surface area (TPSA) is 107 Å². The molecule has 0 unspecified atom stereocenters. The van der Waals surface area contributed by atoms with Gasteiger partial charge in [0.25, 0.3) is 0 Å². The smallest absolute Gasteiger partial charge is 0.228 e. The van der Waals surface area contributed by atoms with Crippen molar-refractivity contribution < 1.29 is 19.1 Å². The minimum atomic E-state index is -0.575. The number of benzene rings is 1. The molecule has 2 heterocycles. The summed E-state index contributed by atoms with van der Waals surface area (Å²) in [6.45, 7) is 1.58. The Morgan fingerprint density at radius 3 is 3.04 bits per heavy atom. The Bertz CT molecular complexity index is 820. The fourth-order valence-electron chi connectivity index (χ4n) is 3.07. The highest BCUT2D eigenvalue weighted by Crippen LogP contribution is 2.35. The number of anilines is 1. The summed E-state index contributed by atoms with van der Waals surface area (Å²) in [5.74, 6) is 0.307. The van der Waals surface area contributed by atoms with Crippen molar-refractivity contribution in [2.24, 2.45) is 0 Å². The Morgan fingerprint density at radius 2 is 2.26 bits per heavy atom. The highest BCUT2D eigenvalue weighted by molar-refractivity contribution is 6.01. The van der Waals surface area contributed by atoms with E-state index < -0.39 is 5.92 Å². The van der Waals surface area contributed by atoms with Crippen LogP contribution in [0.4, 0.5) is 5.69 Å². The van der Waals surface area contributed by atoms with E-state index in [9.17, 15) is 9.59 Å². The van der Waals surface area contributed by atoms with Crippen LogP contribution in [0.3, 0.4) is 0 Å². The van der Waals surface area contributed by atoms with Crippen molar-refractivity contribution in [1.29, 1.82) is 0 Å². The van der Waals surface area contributed by atoms with Gasteiger partial charge in [0.05, 0.1) is 19.6 Å². The average molecular weight is 373 g/mol. The van der Waals surface area contributed by atoms with Gasteiger partial charge in [-0.15, -0.1) is 10.2 Å². The third-order valence-corrected chi connectivity index (χ3v) is 4.48. The molecule has 27 heavy (non-hydrogen) atoms. The van der Waals surface area contributed by atoms with E-state index in [4.69, 9.17) is 9.47 Å². The number of methoxy groups -OCH3 is 2. The molecule has 0 saturated heterocycles. The number of nitrogens with zero attached hydrogens (tertiary/aromatic N) is 3. The van der Waals surface area contributed by atoms with Gasteiger partial charge in [-0.05, 0) is 30.2 Å². The molecule has 2 amide bonds. The van der Waals surface area contributed by atoms with E-state index in [1.165, 1.54) is 0 Å². The lowest BCUT2D eigenvalue weighted by molar-refractivity contribution is -0.126. The van der Waals surface area contributed by atoms with Crippen molar-refractivity contribution in [3.8, 4) is 5.75 Å². The molecule has 0 fully saturated rings. The van der Waals surface area contributed by atoms with E-state index in [-0.39, 0.29) is 24.8 Å². The van der Waals surface area contributed by atoms with E-state index in [2.05, 4.69) is 20.8 Å². The van der Waals surface area contributed by atoms with Gasteiger partial charge in [-0.2, -0.15) is 0 Å². The normalized spacial score (nSPS) is 15.8. The summed E-state index contributed by atoms with van der Waals surface area (Å²) >= 11 is 0. The first kappa shape index (κ1) is 18.8. The summed E-state index contributed by atoms with van der Waals surface area (Å²) < 4.78 is 12.2. The van der Waals surface area contributed by atoms with Gasteiger partial charge < -0.3 is 24.7 Å². The SMILES string of the molecule is COCCCn1cnnc1CNC(=O)[C@@H]1CC(=O)Nc2ccc(OC)cc21. The third-order valence-electron chi connectivity index (χ3n) is 4.48. The molecule has 1 aromatic carbocycles. The zero-order valence-corrected chi connectivity index (χ0v) is 15.4. The van der Waals surface area contributed by atoms with Crippen molar-refractivity contribution in [3.05, 3.63) is 35.9 Å². The Labute approximate surface area is 157 Å². The average Bonchev–Trinajstić information content (AvgIpc) is 3.12. The number of hydrogen-bond donors (Lipinski definition) is 2. The molecule has 1 atom stereocenters. The van der Waals surface area contributed by atoms with E-state index in [0.29, 0.717) is 30.4 Å². The number of hydrogen-bond acceptors (Lipinski definition) is 6. The number of nitrogens with one attached hydrogen (secondary N) is 2. The molecule has 3 rings (SSSR count). The quantitative estimate of drug-likeness (QED) is 0.670. The molecule has 9 heteroatoms. The highest BCUT2D eigenvalue weighted by atomic mass is 16.5. The summed E-state index contributed by atoms with van der Waals surface area (Å²) in [6, 6.07) is 5.28. The van der Waals surface area contributed by atoms with Crippen molar-refractivity contribution in [2.75, 3.05) is 26.1 Å². The molecule has 0 aliphatic carbocycles. The van der Waals surface area contributed by atoms with Crippen molar-refractivity contribution in [2.45, 2.75) is 31.8 Å². The fraction of sp³-hybridized carbons (Fsp3) is 0.444. The molecular formula is C18H23N5O4. The van der Waals surface area contributed by atoms with Crippen LogP contribution in [0.5, 0.6) is 5.75 Å². The Morgan fingerprint density at radius 1 is 1.41 bits per heavy atom. The minimum absolute atomic E-state index is 0.0898. The molecule has 1 aliphatic heterocycles. The maximum absolute atomic E-state index is 12.8. The number of aryl methyl sites for hydroxylation is 1. The van der Waals surface area contributed by atoms with Crippen molar-refractivity contribution in [3.63, 3.8) is 0 Å². The number of carbonyl (C=O) groups excluding carboxylic acids is 2. The molecule has 1 aliphatic rings. The summed E-state index contributed by atoms with van der Waals surface area (Å²) in [7, 11) is 3.22. The van der Waals surface area contributed by atoms with Crippen molar-refractivity contribution in [1.82, 2.24) is 20.1 Å². The second-order valence-electron chi connectivity index (χ2n) is 6.26. The number of ether oxygens (including phenoxy) is 2. The highest BCUT2D eigenvalue weighted by Gasteiger charge is 2.31. The Kier molecular flexibility index (Phi) is 6.02. The number of rotatable bonds is 8. The van der Waals surface area contributed by atoms with Crippen LogP contribution < -0.4 is 15.4 Å². The molecular weight excluding hydrogens is 350 g/mol. The maximum Gasteiger partial charge on any atom is 0.228 e. The minimum Gasteiger partial charge on any atom is -0.497 e. The number of fused-ring (bicyclic) bond motifs is 1. The lowest BCUT2D eigenvalue weighted by Crippen LogP contribution is -2.35. The first-order chi connectivity index (χ1) is 13.1. The van der Waals surface area contributed by atoms with Gasteiger partial charge in [0.15, 0.2) is 5.82 Å². The fourth-order valence-corrected chi connectivity index (χ4v) is 3.07. The third kappa shape index (κ3) is 4.43. The predicted molar refractivity (Wildman–Crippen MR) is 97.3 cm³/mol. The molecule has 0 saturated carbocycles. The van der Waals surface area contributed by atoms with E-state index >= 15 is 0 Å². The molecule has 2 N–H and O–H groups in total. The molecule has 2 aromatic rings. The van der Waals surface area contributed by atoms with E-state index in [1.807, 2.05) is 4.57 Å². The van der Waals surface area contributed by atoms with Crippen LogP contribution in [0.1, 0.15) is 30.1 Å². The predicted octanol–water partition coefficient (Wildman–Crippen LogP) is 1.07. The number of amides is 2. The number of aromatic nitrogens is 3. The molecule has 1 aromatic heterocycles. The van der Waals surface area contributed by atoms with Crippen LogP contribution in [0.15, 0.2) is 24.5 Å². The van der Waals surface area contributed by atoms with E-state index in [0.717, 1.165) is 12.0 Å². The Hall–Kier alpha value is -2.94. The second-order valence-corrected chi connectivity index (χ2v) is 6.26. The van der Waals surface area contributed by atoms with E-state index in [1.54, 1.807) is 38.7 Å². The monoisotopic (exact) mass is 373 g/mol. The van der Waals surface area contributed by atoms with Gasteiger partial charge in [-0.3, -0.25) is 9.59 Å². The second kappa shape index (κ2) is 8.63. The van der Waals surface area contributed by atoms with Crippen LogP contribution in [0.25, 0.3) is 0 Å². The van der Waals surface area contributed by atoms with Gasteiger partial charge in [-0.25, -0.2) is 0 Å². The first-order valence-corrected chi connectivity index (χ1v) is 8.73. The van der Waals surface area contributed by atoms with Gasteiger partial charge in [0.2, 0.25) is 11.8 Å². The van der Waals surface area contributed by atoms with Crippen LogP contribution in [0.2, 0.25) is 0 Å². The van der Waals surface area contributed by atoms with Crippen molar-refractivity contribution >= 4 is 17.5 Å². The standard InChI is InChI=1S/C18H23N5O4/c1-26-7-3-6-23-11-20-22-16(23)10-19-18(25)14-9-17(24)21-15-5-4-12(27-2)8-13(14)15/h4-5,8,11,14H,3,6-7,9-10H2,1-2H3,(H,19,25)(H,21,24)/t14-/m1/s1. The lowest BCUT2D eigenvalue weighted by Gasteiger charge is -2.25. The van der Waals surface area contributed by atoms with Gasteiger partial charge >= 0.3 is 0 Å². The molecule has 9 nitrogen and oxygen atoms in total. The lowest BCUT2D eigenvalue weighted by atomic mass is 9.89.